The van der Waals surface area contributed by atoms with Crippen LogP contribution in [-0.2, 0) is 11.2 Å². The molecule has 0 amide bonds. The predicted molar refractivity (Wildman–Crippen MR) is 164 cm³/mol. The third-order valence-corrected chi connectivity index (χ3v) is 12.6. The van der Waals surface area contributed by atoms with Crippen LogP contribution in [0.4, 0.5) is 8.78 Å². The average molecular weight is 569 g/mol. The van der Waals surface area contributed by atoms with Crippen molar-refractivity contribution in [3.63, 3.8) is 0 Å². The van der Waals surface area contributed by atoms with Crippen LogP contribution in [0, 0.1) is 58.0 Å². The molecule has 41 heavy (non-hydrogen) atoms. The second-order valence-electron chi connectivity index (χ2n) is 14.7. The Kier molecular flexibility index (Phi) is 9.73. The fourth-order valence-corrected chi connectivity index (χ4v) is 9.97. The Morgan fingerprint density at radius 1 is 0.951 bits per heavy atom. The fraction of sp³-hybridized carbons (Fsp3) is 0.778. The Morgan fingerprint density at radius 3 is 2.49 bits per heavy atom. The van der Waals surface area contributed by atoms with Gasteiger partial charge in [-0.2, -0.15) is 0 Å². The molecule has 228 valence electrons. The van der Waals surface area contributed by atoms with E-state index in [0.29, 0.717) is 21.7 Å². The summed E-state index contributed by atoms with van der Waals surface area (Å²) in [5.74, 6) is 4.46. The topological polar surface area (TPSA) is 35.0 Å². The van der Waals surface area contributed by atoms with Gasteiger partial charge in [-0.3, -0.25) is 0 Å². The number of aryl methyl sites for hydroxylation is 1. The molecule has 1 aromatic carbocycles. The zero-order valence-corrected chi connectivity index (χ0v) is 26.4. The lowest BCUT2D eigenvalue weighted by Gasteiger charge is -2.60. The minimum absolute atomic E-state index is 0.502. The van der Waals surface area contributed by atoms with Crippen molar-refractivity contribution in [2.45, 2.75) is 118 Å². The van der Waals surface area contributed by atoms with Gasteiger partial charge in [0.15, 0.2) is 11.6 Å². The molecule has 4 aliphatic carbocycles. The summed E-state index contributed by atoms with van der Waals surface area (Å²) in [6.45, 7) is 10.6. The number of halogens is 2. The average Bonchev–Trinajstić information content (AvgIpc) is 3.30. The highest BCUT2D eigenvalue weighted by Crippen LogP contribution is 2.67. The number of hydrogen-bond acceptors (Lipinski definition) is 3. The maximum atomic E-state index is 13.6. The van der Waals surface area contributed by atoms with Crippen LogP contribution in [0.3, 0.4) is 0 Å². The Balaban J connectivity index is 0.000000431. The van der Waals surface area contributed by atoms with Crippen LogP contribution in [0.25, 0.3) is 10.9 Å². The van der Waals surface area contributed by atoms with Crippen molar-refractivity contribution in [3.8, 4) is 0 Å². The van der Waals surface area contributed by atoms with Crippen molar-refractivity contribution in [3.05, 3.63) is 35.8 Å². The lowest BCUT2D eigenvalue weighted by atomic mass is 9.45. The van der Waals surface area contributed by atoms with Crippen LogP contribution in [0.2, 0.25) is 0 Å². The lowest BCUT2D eigenvalue weighted by Crippen LogP contribution is -2.52. The third-order valence-electron chi connectivity index (χ3n) is 12.6. The molecule has 4 saturated carbocycles. The van der Waals surface area contributed by atoms with Crippen molar-refractivity contribution in [2.24, 2.45) is 46.3 Å². The predicted octanol–water partition coefficient (Wildman–Crippen LogP) is 9.96. The summed E-state index contributed by atoms with van der Waals surface area (Å²) >= 11 is 0. The summed E-state index contributed by atoms with van der Waals surface area (Å²) < 4.78 is 32.0. The largest absolute Gasteiger partial charge is 0.384 e. The molecule has 1 heterocycles. The number of fused-ring (bicyclic) bond motifs is 6. The summed E-state index contributed by atoms with van der Waals surface area (Å²) in [6.07, 6.45) is 20.5. The highest BCUT2D eigenvalue weighted by Gasteiger charge is 2.59. The van der Waals surface area contributed by atoms with Gasteiger partial charge in [-0.15, -0.1) is 0 Å². The molecule has 0 aliphatic heterocycles. The van der Waals surface area contributed by atoms with Crippen molar-refractivity contribution in [2.75, 3.05) is 13.7 Å². The Labute approximate surface area is 247 Å². The molecule has 4 aliphatic rings. The Hall–Kier alpha value is -1.62. The molecule has 8 unspecified atom stereocenters. The Bertz CT molecular complexity index is 1170. The molecule has 8 atom stereocenters. The van der Waals surface area contributed by atoms with E-state index in [1.807, 2.05) is 0 Å². The number of nitrogens with zero attached hydrogens (tertiary/aromatic N) is 2. The third kappa shape index (κ3) is 6.22. The van der Waals surface area contributed by atoms with Crippen LogP contribution in [0.15, 0.2) is 18.3 Å². The van der Waals surface area contributed by atoms with E-state index in [-0.39, 0.29) is 0 Å². The molecule has 1 aromatic heterocycles. The quantitative estimate of drug-likeness (QED) is 0.333. The highest BCUT2D eigenvalue weighted by molar-refractivity contribution is 5.77. The summed E-state index contributed by atoms with van der Waals surface area (Å²) in [5.41, 5.74) is 1.63. The van der Waals surface area contributed by atoms with Crippen molar-refractivity contribution >= 4 is 10.9 Å². The summed E-state index contributed by atoms with van der Waals surface area (Å²) in [7, 11) is 1.74. The maximum absolute atomic E-state index is 13.6. The lowest BCUT2D eigenvalue weighted by molar-refractivity contribution is -0.111. The first-order valence-electron chi connectivity index (χ1n) is 16.8. The molecule has 4 fully saturated rings. The van der Waals surface area contributed by atoms with Gasteiger partial charge in [0.2, 0.25) is 0 Å². The SMILES string of the molecule is CC12CCCCC1CCC1C2CCC2(C)C(CCCc3ncc4cc(F)c(F)cc4n3)CCC12.CCC(C)COC. The maximum Gasteiger partial charge on any atom is 0.161 e. The normalized spacial score (nSPS) is 35.1. The van der Waals surface area contributed by atoms with Crippen molar-refractivity contribution < 1.29 is 13.5 Å². The van der Waals surface area contributed by atoms with Gasteiger partial charge in [0, 0.05) is 37.8 Å². The van der Waals surface area contributed by atoms with E-state index in [1.165, 1.54) is 89.2 Å². The molecule has 0 bridgehead atoms. The number of rotatable bonds is 7. The second kappa shape index (κ2) is 12.9. The first-order chi connectivity index (χ1) is 19.7. The van der Waals surface area contributed by atoms with Gasteiger partial charge in [-0.1, -0.05) is 47.0 Å². The summed E-state index contributed by atoms with van der Waals surface area (Å²) in [6, 6.07) is 2.38. The zero-order valence-electron chi connectivity index (χ0n) is 26.4. The number of hydrogen-bond donors (Lipinski definition) is 0. The molecular formula is C36H54F2N2O. The van der Waals surface area contributed by atoms with Crippen molar-refractivity contribution in [1.29, 1.82) is 0 Å². The minimum atomic E-state index is -0.839. The first-order valence-corrected chi connectivity index (χ1v) is 16.8. The standard InChI is InChI=1S/C30H40F2N2.C6H14O/c1-29-14-4-3-6-20(29)9-11-22-23-12-10-21(30(23,2)15-13-24(22)29)7-5-8-28-33-18-19-16-25(31)26(32)17-27(19)34-28;1-4-6(2)5-7-3/h16-18,20-24H,3-15H2,1-2H3;6H,4-5H2,1-3H3. The first kappa shape index (κ1) is 30.8. The Morgan fingerprint density at radius 2 is 1.73 bits per heavy atom. The van der Waals surface area contributed by atoms with E-state index in [0.717, 1.165) is 60.8 Å². The van der Waals surface area contributed by atoms with Gasteiger partial charge in [-0.05, 0) is 117 Å². The van der Waals surface area contributed by atoms with E-state index >= 15 is 0 Å². The van der Waals surface area contributed by atoms with Crippen LogP contribution < -0.4 is 0 Å². The highest BCUT2D eigenvalue weighted by atomic mass is 19.2. The zero-order chi connectivity index (χ0) is 29.2. The number of ether oxygens (including phenoxy) is 1. The van der Waals surface area contributed by atoms with Crippen LogP contribution >= 0.6 is 0 Å². The van der Waals surface area contributed by atoms with Gasteiger partial charge >= 0.3 is 0 Å². The minimum Gasteiger partial charge on any atom is -0.384 e. The summed E-state index contributed by atoms with van der Waals surface area (Å²) in [5, 5.41) is 0.562. The molecule has 3 nitrogen and oxygen atoms in total. The number of aromatic nitrogens is 2. The van der Waals surface area contributed by atoms with Crippen LogP contribution in [0.1, 0.15) is 117 Å². The van der Waals surface area contributed by atoms with Gasteiger partial charge in [0.05, 0.1) is 5.52 Å². The molecular weight excluding hydrogens is 514 g/mol. The fourth-order valence-electron chi connectivity index (χ4n) is 9.97. The van der Waals surface area contributed by atoms with E-state index < -0.39 is 11.6 Å². The van der Waals surface area contributed by atoms with E-state index in [1.54, 1.807) is 13.3 Å². The molecule has 0 radical (unpaired) electrons. The monoisotopic (exact) mass is 568 g/mol. The smallest absolute Gasteiger partial charge is 0.161 e. The summed E-state index contributed by atoms with van der Waals surface area (Å²) in [4.78, 5) is 8.96. The van der Waals surface area contributed by atoms with Gasteiger partial charge in [-0.25, -0.2) is 18.7 Å². The van der Waals surface area contributed by atoms with Crippen molar-refractivity contribution in [1.82, 2.24) is 9.97 Å². The van der Waals surface area contributed by atoms with E-state index in [2.05, 4.69) is 37.7 Å². The van der Waals surface area contributed by atoms with Crippen LogP contribution in [0.5, 0.6) is 0 Å². The molecule has 0 spiro atoms. The second-order valence-corrected chi connectivity index (χ2v) is 14.7. The van der Waals surface area contributed by atoms with E-state index in [4.69, 9.17) is 4.74 Å². The number of benzene rings is 1. The molecule has 6 rings (SSSR count). The molecule has 0 N–H and O–H groups in total. The molecule has 0 saturated heterocycles. The van der Waals surface area contributed by atoms with Gasteiger partial charge in [0.25, 0.3) is 0 Å². The number of methoxy groups -OCH3 is 1. The molecule has 2 aromatic rings. The van der Waals surface area contributed by atoms with Crippen LogP contribution in [-0.4, -0.2) is 23.7 Å². The molecule has 5 heteroatoms. The van der Waals surface area contributed by atoms with Gasteiger partial charge in [0.1, 0.15) is 5.82 Å². The van der Waals surface area contributed by atoms with Gasteiger partial charge < -0.3 is 4.74 Å². The van der Waals surface area contributed by atoms with E-state index in [9.17, 15) is 8.78 Å².